The molecule has 1 amide bonds. The third-order valence-corrected chi connectivity index (χ3v) is 8.41. The molecule has 4 rings (SSSR count). The molecule has 1 aromatic carbocycles. The molecule has 1 fully saturated rings. The van der Waals surface area contributed by atoms with E-state index in [0.717, 1.165) is 11.3 Å². The Morgan fingerprint density at radius 3 is 2.54 bits per heavy atom. The molecular weight excluding hydrogens is 466 g/mol. The Hall–Kier alpha value is -2.98. The van der Waals surface area contributed by atoms with E-state index in [1.807, 2.05) is 36.4 Å². The predicted octanol–water partition coefficient (Wildman–Crippen LogP) is 3.87. The van der Waals surface area contributed by atoms with Crippen molar-refractivity contribution in [3.05, 3.63) is 59.1 Å². The van der Waals surface area contributed by atoms with Crippen molar-refractivity contribution in [2.24, 2.45) is 5.92 Å². The van der Waals surface area contributed by atoms with Gasteiger partial charge in [-0.3, -0.25) is 4.79 Å². The largest absolute Gasteiger partial charge is 0.360 e. The molecule has 188 valence electrons. The van der Waals surface area contributed by atoms with Gasteiger partial charge in [-0.2, -0.15) is 9.40 Å². The van der Waals surface area contributed by atoms with Crippen molar-refractivity contribution in [2.45, 2.75) is 64.3 Å². The summed E-state index contributed by atoms with van der Waals surface area (Å²) in [6, 6.07) is 11.8. The number of aryl methyl sites for hydroxylation is 2. The highest BCUT2D eigenvalue weighted by molar-refractivity contribution is 7.89. The molecular formula is C25H33N5O4S. The molecule has 0 spiro atoms. The first kappa shape index (κ1) is 25.1. The van der Waals surface area contributed by atoms with Crippen LogP contribution in [0, 0.1) is 19.8 Å². The summed E-state index contributed by atoms with van der Waals surface area (Å²) in [5.41, 5.74) is 2.08. The van der Waals surface area contributed by atoms with Gasteiger partial charge in [0.25, 0.3) is 0 Å². The molecule has 35 heavy (non-hydrogen) atoms. The van der Waals surface area contributed by atoms with Gasteiger partial charge in [-0.05, 0) is 32.3 Å². The fourth-order valence-corrected chi connectivity index (χ4v) is 6.15. The van der Waals surface area contributed by atoms with Crippen LogP contribution in [0.2, 0.25) is 0 Å². The maximum absolute atomic E-state index is 13.3. The number of hydrogen-bond acceptors (Lipinski definition) is 6. The van der Waals surface area contributed by atoms with Crippen LogP contribution in [0.25, 0.3) is 0 Å². The van der Waals surface area contributed by atoms with Gasteiger partial charge < -0.3 is 9.84 Å². The van der Waals surface area contributed by atoms with Crippen molar-refractivity contribution in [3.63, 3.8) is 0 Å². The van der Waals surface area contributed by atoms with Crippen LogP contribution in [0.3, 0.4) is 0 Å². The summed E-state index contributed by atoms with van der Waals surface area (Å²) in [6.07, 6.45) is 1.20. The van der Waals surface area contributed by atoms with Crippen LogP contribution in [0.5, 0.6) is 0 Å². The Morgan fingerprint density at radius 1 is 1.20 bits per heavy atom. The SMILES string of the molecule is Cc1noc(C)c1S(=O)(=O)N1CCCC(C(=O)Nc2cc(C(C)(C)C)nn2Cc2ccccc2)C1. The summed E-state index contributed by atoms with van der Waals surface area (Å²) in [4.78, 5) is 13.4. The minimum absolute atomic E-state index is 0.0920. The summed E-state index contributed by atoms with van der Waals surface area (Å²) in [7, 11) is -3.80. The Bertz CT molecular complexity index is 1290. The van der Waals surface area contributed by atoms with Crippen LogP contribution in [0.4, 0.5) is 5.82 Å². The average molecular weight is 500 g/mol. The van der Waals surface area contributed by atoms with Crippen molar-refractivity contribution in [1.29, 1.82) is 0 Å². The van der Waals surface area contributed by atoms with Gasteiger partial charge in [0.15, 0.2) is 5.76 Å². The van der Waals surface area contributed by atoms with Gasteiger partial charge in [0.2, 0.25) is 15.9 Å². The summed E-state index contributed by atoms with van der Waals surface area (Å²) < 4.78 is 34.8. The molecule has 1 N–H and O–H groups in total. The van der Waals surface area contributed by atoms with Crippen LogP contribution < -0.4 is 5.32 Å². The number of sulfonamides is 1. The van der Waals surface area contributed by atoms with Crippen molar-refractivity contribution in [1.82, 2.24) is 19.2 Å². The predicted molar refractivity (Wildman–Crippen MR) is 133 cm³/mol. The molecule has 3 aromatic rings. The van der Waals surface area contributed by atoms with Gasteiger partial charge in [-0.15, -0.1) is 0 Å². The van der Waals surface area contributed by atoms with E-state index in [1.54, 1.807) is 18.5 Å². The van der Waals surface area contributed by atoms with Gasteiger partial charge in [0, 0.05) is 24.6 Å². The monoisotopic (exact) mass is 499 g/mol. The lowest BCUT2D eigenvalue weighted by molar-refractivity contribution is -0.120. The Balaban J connectivity index is 1.55. The van der Waals surface area contributed by atoms with Crippen molar-refractivity contribution in [3.8, 4) is 0 Å². The van der Waals surface area contributed by atoms with E-state index in [-0.39, 0.29) is 28.5 Å². The maximum Gasteiger partial charge on any atom is 0.248 e. The molecule has 1 atom stereocenters. The second-order valence-corrected chi connectivity index (χ2v) is 12.0. The fraction of sp³-hybridized carbons (Fsp3) is 0.480. The molecule has 1 aliphatic heterocycles. The molecule has 0 aliphatic carbocycles. The molecule has 2 aromatic heterocycles. The van der Waals surface area contributed by atoms with E-state index in [0.29, 0.717) is 37.4 Å². The summed E-state index contributed by atoms with van der Waals surface area (Å²) in [5.74, 6) is 0.179. The Kier molecular flexibility index (Phi) is 6.88. The highest BCUT2D eigenvalue weighted by Crippen LogP contribution is 2.29. The minimum Gasteiger partial charge on any atom is -0.360 e. The first-order valence-corrected chi connectivity index (χ1v) is 13.3. The molecule has 0 bridgehead atoms. The minimum atomic E-state index is -3.80. The molecule has 1 saturated heterocycles. The number of nitrogens with one attached hydrogen (secondary N) is 1. The van der Waals surface area contributed by atoms with Crippen LogP contribution in [0.15, 0.2) is 45.8 Å². The zero-order chi connectivity index (χ0) is 25.4. The topological polar surface area (TPSA) is 110 Å². The quantitative estimate of drug-likeness (QED) is 0.551. The Morgan fingerprint density at radius 2 is 1.91 bits per heavy atom. The lowest BCUT2D eigenvalue weighted by atomic mass is 9.92. The van der Waals surface area contributed by atoms with Gasteiger partial charge in [0.05, 0.1) is 18.2 Å². The number of benzene rings is 1. The zero-order valence-corrected chi connectivity index (χ0v) is 21.7. The van der Waals surface area contributed by atoms with Crippen molar-refractivity contribution in [2.75, 3.05) is 18.4 Å². The summed E-state index contributed by atoms with van der Waals surface area (Å²) in [6.45, 7) is 10.4. The second-order valence-electron chi connectivity index (χ2n) is 10.2. The highest BCUT2D eigenvalue weighted by atomic mass is 32.2. The highest BCUT2D eigenvalue weighted by Gasteiger charge is 2.36. The van der Waals surface area contributed by atoms with Crippen molar-refractivity contribution >= 4 is 21.7 Å². The van der Waals surface area contributed by atoms with Crippen molar-refractivity contribution < 1.29 is 17.7 Å². The average Bonchev–Trinajstić information content (AvgIpc) is 3.37. The first-order valence-electron chi connectivity index (χ1n) is 11.8. The maximum atomic E-state index is 13.3. The smallest absolute Gasteiger partial charge is 0.248 e. The van der Waals surface area contributed by atoms with Crippen LogP contribution in [0.1, 0.15) is 56.3 Å². The van der Waals surface area contributed by atoms with Gasteiger partial charge in [-0.1, -0.05) is 56.3 Å². The lowest BCUT2D eigenvalue weighted by Crippen LogP contribution is -2.44. The molecule has 0 saturated carbocycles. The van der Waals surface area contributed by atoms with E-state index >= 15 is 0 Å². The van der Waals surface area contributed by atoms with E-state index in [9.17, 15) is 13.2 Å². The number of amides is 1. The van der Waals surface area contributed by atoms with E-state index < -0.39 is 15.9 Å². The van der Waals surface area contributed by atoms with Gasteiger partial charge in [0.1, 0.15) is 16.4 Å². The lowest BCUT2D eigenvalue weighted by Gasteiger charge is -2.31. The number of carbonyl (C=O) groups excluding carboxylic acids is 1. The van der Waals surface area contributed by atoms with E-state index in [4.69, 9.17) is 9.62 Å². The molecule has 10 heteroatoms. The summed E-state index contributed by atoms with van der Waals surface area (Å²) in [5, 5.41) is 11.6. The van der Waals surface area contributed by atoms with E-state index in [1.165, 1.54) is 4.31 Å². The molecule has 1 unspecified atom stereocenters. The molecule has 3 heterocycles. The number of hydrogen-bond donors (Lipinski definition) is 1. The number of piperidine rings is 1. The standard InChI is InChI=1S/C25H33N5O4S/c1-17-23(18(2)34-28-17)35(32,33)29-13-9-12-20(16-29)24(31)26-22-14-21(25(3,4)5)27-30(22)15-19-10-7-6-8-11-19/h6-8,10-11,14,20H,9,12-13,15-16H2,1-5H3,(H,26,31). The van der Waals surface area contributed by atoms with Crippen LogP contribution in [-0.2, 0) is 26.8 Å². The van der Waals surface area contributed by atoms with Gasteiger partial charge >= 0.3 is 0 Å². The van der Waals surface area contributed by atoms with Gasteiger partial charge in [-0.25, -0.2) is 13.1 Å². The third-order valence-electron chi connectivity index (χ3n) is 6.30. The second kappa shape index (κ2) is 9.58. The number of aromatic nitrogens is 3. The first-order chi connectivity index (χ1) is 16.5. The normalized spacial score (nSPS) is 17.5. The van der Waals surface area contributed by atoms with Crippen LogP contribution >= 0.6 is 0 Å². The number of anilines is 1. The number of carbonyl (C=O) groups is 1. The van der Waals surface area contributed by atoms with Crippen LogP contribution in [-0.4, -0.2) is 46.7 Å². The third kappa shape index (κ3) is 5.33. The zero-order valence-electron chi connectivity index (χ0n) is 20.9. The molecule has 0 radical (unpaired) electrons. The number of nitrogens with zero attached hydrogens (tertiary/aromatic N) is 4. The number of rotatable bonds is 6. The Labute approximate surface area is 206 Å². The van der Waals surface area contributed by atoms with E-state index in [2.05, 4.69) is 31.2 Å². The summed E-state index contributed by atoms with van der Waals surface area (Å²) >= 11 is 0. The fourth-order valence-electron chi connectivity index (χ4n) is 4.34. The molecule has 1 aliphatic rings. The molecule has 9 nitrogen and oxygen atoms in total.